The lowest BCUT2D eigenvalue weighted by molar-refractivity contribution is 0.276. The number of halogens is 1. The highest BCUT2D eigenvalue weighted by Gasteiger charge is 2.09. The van der Waals surface area contributed by atoms with Crippen LogP contribution >= 0.6 is 0 Å². The highest BCUT2D eigenvalue weighted by Crippen LogP contribution is 2.23. The zero-order chi connectivity index (χ0) is 19.9. The van der Waals surface area contributed by atoms with E-state index in [-0.39, 0.29) is 11.8 Å². The van der Waals surface area contributed by atoms with Gasteiger partial charge in [-0.05, 0) is 55.5 Å². The summed E-state index contributed by atoms with van der Waals surface area (Å²) in [6.45, 7) is 1.64. The maximum absolute atomic E-state index is 14.1. The van der Waals surface area contributed by atoms with Crippen LogP contribution in [0.4, 0.5) is 27.5 Å². The molecule has 0 aliphatic heterocycles. The van der Waals surface area contributed by atoms with Crippen molar-refractivity contribution in [2.75, 3.05) is 10.6 Å². The van der Waals surface area contributed by atoms with E-state index in [0.717, 1.165) is 6.20 Å². The maximum atomic E-state index is 14.1. The molecular formula is C20H15FN6O. The molecule has 0 aliphatic rings. The lowest BCUT2D eigenvalue weighted by Crippen LogP contribution is -2.08. The summed E-state index contributed by atoms with van der Waals surface area (Å²) in [6.07, 6.45) is 0.502. The summed E-state index contributed by atoms with van der Waals surface area (Å²) < 4.78 is 19.5. The number of nitriles is 2. The predicted octanol–water partition coefficient (Wildman–Crippen LogP) is 4.27. The van der Waals surface area contributed by atoms with Crippen LogP contribution in [0.5, 0.6) is 5.75 Å². The molecule has 0 spiro atoms. The molecule has 1 atom stereocenters. The molecule has 1 aromatic heterocycles. The van der Waals surface area contributed by atoms with E-state index in [4.69, 9.17) is 15.3 Å². The van der Waals surface area contributed by atoms with E-state index in [1.54, 1.807) is 55.5 Å². The Morgan fingerprint density at radius 3 is 2.29 bits per heavy atom. The quantitative estimate of drug-likeness (QED) is 0.663. The minimum Gasteiger partial charge on any atom is -0.476 e. The van der Waals surface area contributed by atoms with Crippen LogP contribution in [0.1, 0.15) is 12.5 Å². The summed E-state index contributed by atoms with van der Waals surface area (Å²) in [7, 11) is 0. The van der Waals surface area contributed by atoms with Crippen LogP contribution in [0.3, 0.4) is 0 Å². The Morgan fingerprint density at radius 2 is 1.64 bits per heavy atom. The molecular weight excluding hydrogens is 359 g/mol. The van der Waals surface area contributed by atoms with Gasteiger partial charge in [0, 0.05) is 11.4 Å². The largest absolute Gasteiger partial charge is 0.476 e. The molecule has 3 aromatic rings. The second-order valence-corrected chi connectivity index (χ2v) is 5.74. The van der Waals surface area contributed by atoms with Gasteiger partial charge in [0.15, 0.2) is 17.7 Å². The van der Waals surface area contributed by atoms with Crippen molar-refractivity contribution < 1.29 is 9.13 Å². The van der Waals surface area contributed by atoms with Crippen LogP contribution in [0.15, 0.2) is 54.7 Å². The number of rotatable bonds is 6. The lowest BCUT2D eigenvalue weighted by atomic mass is 10.2. The molecule has 0 saturated carbocycles. The first-order valence-corrected chi connectivity index (χ1v) is 8.30. The Balaban J connectivity index is 1.72. The van der Waals surface area contributed by atoms with Gasteiger partial charge in [-0.1, -0.05) is 0 Å². The molecule has 28 heavy (non-hydrogen) atoms. The first kappa shape index (κ1) is 18.6. The minimum atomic E-state index is -0.608. The third kappa shape index (κ3) is 4.71. The molecule has 0 amide bonds. The smallest absolute Gasteiger partial charge is 0.229 e. The lowest BCUT2D eigenvalue weighted by Gasteiger charge is -2.11. The van der Waals surface area contributed by atoms with Gasteiger partial charge in [-0.2, -0.15) is 15.5 Å². The van der Waals surface area contributed by atoms with E-state index in [9.17, 15) is 4.39 Å². The summed E-state index contributed by atoms with van der Waals surface area (Å²) in [4.78, 5) is 8.06. The van der Waals surface area contributed by atoms with Gasteiger partial charge >= 0.3 is 0 Å². The van der Waals surface area contributed by atoms with E-state index < -0.39 is 11.9 Å². The molecule has 8 heteroatoms. The first-order valence-electron chi connectivity index (χ1n) is 8.30. The van der Waals surface area contributed by atoms with Gasteiger partial charge in [0.05, 0.1) is 17.8 Å². The summed E-state index contributed by atoms with van der Waals surface area (Å²) in [5, 5.41) is 23.4. The highest BCUT2D eigenvalue weighted by molar-refractivity contribution is 5.61. The molecule has 0 radical (unpaired) electrons. The van der Waals surface area contributed by atoms with Crippen LogP contribution in [-0.2, 0) is 0 Å². The van der Waals surface area contributed by atoms with Crippen molar-refractivity contribution in [3.63, 3.8) is 0 Å². The summed E-state index contributed by atoms with van der Waals surface area (Å²) >= 11 is 0. The number of aromatic nitrogens is 2. The van der Waals surface area contributed by atoms with Crippen molar-refractivity contribution in [1.82, 2.24) is 9.97 Å². The zero-order valence-corrected chi connectivity index (χ0v) is 14.8. The van der Waals surface area contributed by atoms with Gasteiger partial charge in [0.25, 0.3) is 0 Å². The molecule has 1 unspecified atom stereocenters. The van der Waals surface area contributed by atoms with Crippen molar-refractivity contribution in [1.29, 1.82) is 10.5 Å². The number of anilines is 4. The Morgan fingerprint density at radius 1 is 1.00 bits per heavy atom. The molecule has 138 valence electrons. The molecule has 0 bridgehead atoms. The molecule has 2 N–H and O–H groups in total. The van der Waals surface area contributed by atoms with Crippen molar-refractivity contribution >= 4 is 23.1 Å². The van der Waals surface area contributed by atoms with Crippen LogP contribution in [0.2, 0.25) is 0 Å². The van der Waals surface area contributed by atoms with E-state index in [0.29, 0.717) is 22.7 Å². The topological polar surface area (TPSA) is 107 Å². The number of benzene rings is 2. The third-order valence-corrected chi connectivity index (χ3v) is 3.63. The Kier molecular flexibility index (Phi) is 5.63. The average Bonchev–Trinajstić information content (AvgIpc) is 2.72. The predicted molar refractivity (Wildman–Crippen MR) is 102 cm³/mol. The van der Waals surface area contributed by atoms with Gasteiger partial charge in [-0.25, -0.2) is 9.37 Å². The fourth-order valence-corrected chi connectivity index (χ4v) is 2.26. The number of nitrogens with zero attached hydrogens (tertiary/aromatic N) is 4. The molecule has 7 nitrogen and oxygen atoms in total. The second kappa shape index (κ2) is 8.47. The molecule has 0 saturated heterocycles. The normalized spacial score (nSPS) is 11.0. The van der Waals surface area contributed by atoms with E-state index in [1.165, 1.54) is 0 Å². The van der Waals surface area contributed by atoms with E-state index in [1.807, 2.05) is 12.1 Å². The zero-order valence-electron chi connectivity index (χ0n) is 14.8. The van der Waals surface area contributed by atoms with Crippen molar-refractivity contribution in [3.8, 4) is 17.9 Å². The van der Waals surface area contributed by atoms with Crippen molar-refractivity contribution in [2.24, 2.45) is 0 Å². The Bertz CT molecular complexity index is 1040. The van der Waals surface area contributed by atoms with Crippen LogP contribution in [0, 0.1) is 28.5 Å². The van der Waals surface area contributed by atoms with Gasteiger partial charge in [0.2, 0.25) is 5.95 Å². The second-order valence-electron chi connectivity index (χ2n) is 5.74. The van der Waals surface area contributed by atoms with Crippen LogP contribution in [0.25, 0.3) is 0 Å². The standard InChI is InChI=1S/C20H15FN6O/c1-13(10-22)28-17-8-6-15(7-9-17)25-19-18(21)12-24-20(27-19)26-16-4-2-14(11-23)3-5-16/h2-9,12-13H,1H3,(H2,24,25,26,27). The fraction of sp³-hybridized carbons (Fsp3) is 0.100. The highest BCUT2D eigenvalue weighted by atomic mass is 19.1. The number of ether oxygens (including phenoxy) is 1. The van der Waals surface area contributed by atoms with E-state index >= 15 is 0 Å². The maximum Gasteiger partial charge on any atom is 0.229 e. The van der Waals surface area contributed by atoms with Crippen LogP contribution in [-0.4, -0.2) is 16.1 Å². The minimum absolute atomic E-state index is 0.00482. The molecule has 1 heterocycles. The van der Waals surface area contributed by atoms with Crippen LogP contribution < -0.4 is 15.4 Å². The monoisotopic (exact) mass is 374 g/mol. The molecule has 2 aromatic carbocycles. The number of hydrogen-bond acceptors (Lipinski definition) is 7. The summed E-state index contributed by atoms with van der Waals surface area (Å²) in [5.41, 5.74) is 1.80. The van der Waals surface area contributed by atoms with Gasteiger partial charge < -0.3 is 15.4 Å². The Labute approximate surface area is 161 Å². The van der Waals surface area contributed by atoms with Crippen molar-refractivity contribution in [3.05, 3.63) is 66.1 Å². The SMILES string of the molecule is CC(C#N)Oc1ccc(Nc2nc(Nc3ccc(C#N)cc3)ncc2F)cc1. The Hall–Kier alpha value is -4.17. The van der Waals surface area contributed by atoms with Gasteiger partial charge in [-0.15, -0.1) is 0 Å². The fourth-order valence-electron chi connectivity index (χ4n) is 2.26. The van der Waals surface area contributed by atoms with E-state index in [2.05, 4.69) is 20.6 Å². The first-order chi connectivity index (χ1) is 13.6. The average molecular weight is 374 g/mol. The molecule has 3 rings (SSSR count). The summed E-state index contributed by atoms with van der Waals surface area (Å²) in [6, 6.07) is 17.5. The number of nitrogens with one attached hydrogen (secondary N) is 2. The third-order valence-electron chi connectivity index (χ3n) is 3.63. The summed E-state index contributed by atoms with van der Waals surface area (Å²) in [5.74, 6) is 0.136. The number of hydrogen-bond donors (Lipinski definition) is 2. The molecule has 0 aliphatic carbocycles. The van der Waals surface area contributed by atoms with Gasteiger partial charge in [0.1, 0.15) is 11.8 Å². The molecule has 0 fully saturated rings. The van der Waals surface area contributed by atoms with Crippen molar-refractivity contribution in [2.45, 2.75) is 13.0 Å². The van der Waals surface area contributed by atoms with Gasteiger partial charge in [-0.3, -0.25) is 0 Å².